The topological polar surface area (TPSA) is 36.4 Å². The van der Waals surface area contributed by atoms with Crippen molar-refractivity contribution in [1.29, 1.82) is 0 Å². The summed E-state index contributed by atoms with van der Waals surface area (Å²) in [5.74, 6) is 0. The van der Waals surface area contributed by atoms with Gasteiger partial charge in [0.25, 0.3) is 0 Å². The summed E-state index contributed by atoms with van der Waals surface area (Å²) in [6.45, 7) is 7.32. The van der Waals surface area contributed by atoms with Crippen LogP contribution in [0.5, 0.6) is 0 Å². The van der Waals surface area contributed by atoms with E-state index in [9.17, 15) is 0 Å². The summed E-state index contributed by atoms with van der Waals surface area (Å²) in [4.78, 5) is 4.31. The van der Waals surface area contributed by atoms with Crippen molar-refractivity contribution in [2.75, 3.05) is 19.6 Å². The van der Waals surface area contributed by atoms with Crippen LogP contribution in [0.25, 0.3) is 0 Å². The Morgan fingerprint density at radius 1 is 1.40 bits per heavy atom. The summed E-state index contributed by atoms with van der Waals surface area (Å²) >= 11 is 0. The third-order valence-electron chi connectivity index (χ3n) is 2.59. The van der Waals surface area contributed by atoms with Gasteiger partial charge in [-0.25, -0.2) is 0 Å². The molecule has 0 aliphatic carbocycles. The first-order valence-electron chi connectivity index (χ1n) is 6.11. The van der Waals surface area contributed by atoms with Crippen molar-refractivity contribution in [3.8, 4) is 0 Å². The fourth-order valence-corrected chi connectivity index (χ4v) is 1.82. The Morgan fingerprint density at radius 2 is 2.27 bits per heavy atom. The largest absolute Gasteiger partial charge is 0.314 e. The average Bonchev–Trinajstić information content (AvgIpc) is 2.83. The molecule has 2 aliphatic heterocycles. The molecule has 0 radical (unpaired) electrons. The molecule has 3 heteroatoms. The van der Waals surface area contributed by atoms with Crippen molar-refractivity contribution in [3.05, 3.63) is 11.8 Å². The lowest BCUT2D eigenvalue weighted by Gasteiger charge is -2.24. The quantitative estimate of drug-likeness (QED) is 0.742. The van der Waals surface area contributed by atoms with Crippen LogP contribution in [0.3, 0.4) is 0 Å². The monoisotopic (exact) mass is 209 g/mol. The van der Waals surface area contributed by atoms with E-state index in [-0.39, 0.29) is 0 Å². The van der Waals surface area contributed by atoms with Gasteiger partial charge in [0, 0.05) is 44.0 Å². The lowest BCUT2D eigenvalue weighted by atomic mass is 10.1. The second-order valence-corrected chi connectivity index (χ2v) is 3.64. The van der Waals surface area contributed by atoms with Gasteiger partial charge < -0.3 is 10.6 Å². The molecule has 2 heterocycles. The molecule has 0 aromatic rings. The summed E-state index contributed by atoms with van der Waals surface area (Å²) in [5.41, 5.74) is 1.27. The van der Waals surface area contributed by atoms with E-state index in [0.29, 0.717) is 6.04 Å². The van der Waals surface area contributed by atoms with E-state index in [0.717, 1.165) is 32.5 Å². The van der Waals surface area contributed by atoms with Gasteiger partial charge >= 0.3 is 0 Å². The highest BCUT2D eigenvalue weighted by Gasteiger charge is 2.12. The summed E-state index contributed by atoms with van der Waals surface area (Å²) < 4.78 is 0. The van der Waals surface area contributed by atoms with E-state index in [1.54, 1.807) is 0 Å². The third-order valence-corrected chi connectivity index (χ3v) is 2.59. The van der Waals surface area contributed by atoms with Gasteiger partial charge in [0.1, 0.15) is 0 Å². The maximum atomic E-state index is 4.31. The van der Waals surface area contributed by atoms with E-state index in [1.165, 1.54) is 12.1 Å². The molecule has 1 saturated heterocycles. The zero-order valence-electron chi connectivity index (χ0n) is 9.92. The molecule has 15 heavy (non-hydrogen) atoms. The van der Waals surface area contributed by atoms with E-state index >= 15 is 0 Å². The highest BCUT2D eigenvalue weighted by molar-refractivity contribution is 5.64. The molecule has 0 spiro atoms. The van der Waals surface area contributed by atoms with Crippen molar-refractivity contribution in [2.24, 2.45) is 4.99 Å². The lowest BCUT2D eigenvalue weighted by molar-refractivity contribution is 0.399. The standard InChI is InChI=1S/C10H17N3.C2H6/c1-2-9(12-5-1)3-4-10-8-11-6-7-13-10;1-2/h2,5,10-11,13H,1,3-4,6-8H2;1-2H3. The molecule has 2 rings (SSSR count). The van der Waals surface area contributed by atoms with Crippen molar-refractivity contribution < 1.29 is 0 Å². The Bertz CT molecular complexity index is 215. The molecular formula is C12H23N3. The summed E-state index contributed by atoms with van der Waals surface area (Å²) in [7, 11) is 0. The molecule has 1 atom stereocenters. The number of hydrogen-bond acceptors (Lipinski definition) is 3. The van der Waals surface area contributed by atoms with Crippen molar-refractivity contribution in [1.82, 2.24) is 10.6 Å². The first-order chi connectivity index (χ1) is 7.45. The zero-order chi connectivity index (χ0) is 10.9. The minimum atomic E-state index is 0.644. The number of piperazine rings is 1. The average molecular weight is 209 g/mol. The van der Waals surface area contributed by atoms with Crippen LogP contribution in [0.4, 0.5) is 0 Å². The normalized spacial score (nSPS) is 24.4. The number of allylic oxidation sites excluding steroid dienone is 2. The number of hydrogen-bond donors (Lipinski definition) is 2. The van der Waals surface area contributed by atoms with Crippen LogP contribution in [0.2, 0.25) is 0 Å². The van der Waals surface area contributed by atoms with Crippen molar-refractivity contribution in [3.63, 3.8) is 0 Å². The molecule has 0 aromatic carbocycles. The van der Waals surface area contributed by atoms with E-state index in [1.807, 2.05) is 20.1 Å². The van der Waals surface area contributed by atoms with Crippen molar-refractivity contribution >= 4 is 6.21 Å². The lowest BCUT2D eigenvalue weighted by Crippen LogP contribution is -2.48. The van der Waals surface area contributed by atoms with Gasteiger partial charge in [-0.3, -0.25) is 4.99 Å². The van der Waals surface area contributed by atoms with Gasteiger partial charge in [-0.1, -0.05) is 19.9 Å². The molecule has 0 amide bonds. The SMILES string of the molecule is C1=NC(CCC2CNCCN2)=CC1.CC. The minimum absolute atomic E-state index is 0.644. The van der Waals surface area contributed by atoms with Crippen LogP contribution in [-0.2, 0) is 0 Å². The van der Waals surface area contributed by atoms with Crippen molar-refractivity contribution in [2.45, 2.75) is 39.2 Å². The molecule has 2 aliphatic rings. The van der Waals surface area contributed by atoms with E-state index < -0.39 is 0 Å². The Balaban J connectivity index is 0.000000531. The molecule has 3 nitrogen and oxygen atoms in total. The maximum Gasteiger partial charge on any atom is 0.0364 e. The fourth-order valence-electron chi connectivity index (χ4n) is 1.82. The molecular weight excluding hydrogens is 186 g/mol. The van der Waals surface area contributed by atoms with Crippen LogP contribution in [0, 0.1) is 0 Å². The van der Waals surface area contributed by atoms with Crippen LogP contribution in [0.1, 0.15) is 33.1 Å². The smallest absolute Gasteiger partial charge is 0.0364 e. The Labute approximate surface area is 93.1 Å². The molecule has 1 unspecified atom stereocenters. The number of aliphatic imine (C=N–C) groups is 1. The second-order valence-electron chi connectivity index (χ2n) is 3.64. The second kappa shape index (κ2) is 7.60. The van der Waals surface area contributed by atoms with Gasteiger partial charge in [-0.15, -0.1) is 0 Å². The molecule has 0 bridgehead atoms. The van der Waals surface area contributed by atoms with Crippen LogP contribution in [0.15, 0.2) is 16.8 Å². The first kappa shape index (κ1) is 12.4. The minimum Gasteiger partial charge on any atom is -0.314 e. The first-order valence-corrected chi connectivity index (χ1v) is 6.11. The van der Waals surface area contributed by atoms with Crippen LogP contribution >= 0.6 is 0 Å². The third kappa shape index (κ3) is 4.58. The van der Waals surface area contributed by atoms with Gasteiger partial charge in [-0.05, 0) is 12.8 Å². The fraction of sp³-hybridized carbons (Fsp3) is 0.750. The van der Waals surface area contributed by atoms with Gasteiger partial charge in [0.15, 0.2) is 0 Å². The van der Waals surface area contributed by atoms with Crippen LogP contribution in [-0.4, -0.2) is 31.9 Å². The number of rotatable bonds is 3. The number of nitrogens with one attached hydrogen (secondary N) is 2. The molecule has 1 fully saturated rings. The Hall–Kier alpha value is -0.670. The predicted molar refractivity (Wildman–Crippen MR) is 66.4 cm³/mol. The van der Waals surface area contributed by atoms with Crippen LogP contribution < -0.4 is 10.6 Å². The molecule has 0 aromatic heterocycles. The summed E-state index contributed by atoms with van der Waals surface area (Å²) in [5, 5.41) is 6.89. The highest BCUT2D eigenvalue weighted by Crippen LogP contribution is 2.13. The molecule has 86 valence electrons. The van der Waals surface area contributed by atoms with Gasteiger partial charge in [-0.2, -0.15) is 0 Å². The Morgan fingerprint density at radius 3 is 2.87 bits per heavy atom. The van der Waals surface area contributed by atoms with E-state index in [2.05, 4.69) is 21.7 Å². The summed E-state index contributed by atoms with van der Waals surface area (Å²) in [6, 6.07) is 0.644. The zero-order valence-corrected chi connectivity index (χ0v) is 9.92. The maximum absolute atomic E-state index is 4.31. The molecule has 0 saturated carbocycles. The predicted octanol–water partition coefficient (Wildman–Crippen LogP) is 1.71. The number of nitrogens with zero attached hydrogens (tertiary/aromatic N) is 1. The Kier molecular flexibility index (Phi) is 6.28. The summed E-state index contributed by atoms with van der Waals surface area (Å²) in [6.07, 6.45) is 7.57. The molecule has 2 N–H and O–H groups in total. The highest BCUT2D eigenvalue weighted by atomic mass is 15.0. The van der Waals surface area contributed by atoms with Gasteiger partial charge in [0.2, 0.25) is 0 Å². The van der Waals surface area contributed by atoms with Gasteiger partial charge in [0.05, 0.1) is 0 Å². The van der Waals surface area contributed by atoms with E-state index in [4.69, 9.17) is 0 Å².